The number of anilines is 1. The highest BCUT2D eigenvalue weighted by Gasteiger charge is 2.24. The number of H-pyrrole nitrogens is 1. The average molecular weight is 500 g/mol. The van der Waals surface area contributed by atoms with Gasteiger partial charge in [0.2, 0.25) is 5.88 Å². The summed E-state index contributed by atoms with van der Waals surface area (Å²) < 4.78 is 21.3. The quantitative estimate of drug-likeness (QED) is 0.294. The monoisotopic (exact) mass is 499 g/mol. The number of imidazole rings is 1. The molecule has 1 amide bonds. The number of carbonyl (C=O) groups excluding carboxylic acids is 1. The van der Waals surface area contributed by atoms with Crippen LogP contribution in [0.3, 0.4) is 0 Å². The molecule has 1 aliphatic rings. The minimum absolute atomic E-state index is 0.0680. The Morgan fingerprint density at radius 1 is 1.22 bits per heavy atom. The van der Waals surface area contributed by atoms with Crippen molar-refractivity contribution in [3.8, 4) is 22.9 Å². The number of carbonyl (C=O) groups is 1. The fourth-order valence-corrected chi connectivity index (χ4v) is 3.97. The first-order valence-electron chi connectivity index (χ1n) is 11.7. The largest absolute Gasteiger partial charge is 0.437 e. The van der Waals surface area contributed by atoms with Crippen molar-refractivity contribution in [1.82, 2.24) is 40.5 Å². The molecule has 5 aromatic rings. The van der Waals surface area contributed by atoms with Gasteiger partial charge in [0.05, 0.1) is 24.1 Å². The molecule has 1 aliphatic carbocycles. The van der Waals surface area contributed by atoms with Crippen molar-refractivity contribution in [2.24, 2.45) is 0 Å². The lowest BCUT2D eigenvalue weighted by Crippen LogP contribution is -2.26. The zero-order chi connectivity index (χ0) is 25.4. The third-order valence-electron chi connectivity index (χ3n) is 5.97. The zero-order valence-electron chi connectivity index (χ0n) is 19.8. The van der Waals surface area contributed by atoms with Crippen molar-refractivity contribution in [2.75, 3.05) is 5.32 Å². The van der Waals surface area contributed by atoms with E-state index in [9.17, 15) is 9.18 Å². The molecule has 37 heavy (non-hydrogen) atoms. The highest BCUT2D eigenvalue weighted by atomic mass is 19.1. The summed E-state index contributed by atoms with van der Waals surface area (Å²) in [5, 5.41) is 24.8. The lowest BCUT2D eigenvalue weighted by molar-refractivity contribution is 0.0950. The van der Waals surface area contributed by atoms with E-state index in [4.69, 9.17) is 4.74 Å². The van der Waals surface area contributed by atoms with Crippen LogP contribution in [0, 0.1) is 12.7 Å². The van der Waals surface area contributed by atoms with Crippen LogP contribution in [0.2, 0.25) is 0 Å². The van der Waals surface area contributed by atoms with E-state index in [0.29, 0.717) is 34.2 Å². The van der Waals surface area contributed by atoms with Crippen LogP contribution in [-0.2, 0) is 6.54 Å². The lowest BCUT2D eigenvalue weighted by Gasteiger charge is -2.12. The first-order chi connectivity index (χ1) is 18.0. The molecule has 3 heterocycles. The van der Waals surface area contributed by atoms with Gasteiger partial charge in [0, 0.05) is 29.3 Å². The minimum atomic E-state index is -0.418. The summed E-state index contributed by atoms with van der Waals surface area (Å²) in [7, 11) is 0. The fourth-order valence-electron chi connectivity index (χ4n) is 3.97. The molecule has 12 heteroatoms. The van der Waals surface area contributed by atoms with Crippen LogP contribution in [0.15, 0.2) is 54.7 Å². The van der Waals surface area contributed by atoms with Crippen molar-refractivity contribution in [1.29, 1.82) is 0 Å². The lowest BCUT2D eigenvalue weighted by atomic mass is 10.0. The molecular weight excluding hydrogens is 477 g/mol. The van der Waals surface area contributed by atoms with E-state index in [1.807, 2.05) is 25.1 Å². The molecule has 0 aliphatic heterocycles. The summed E-state index contributed by atoms with van der Waals surface area (Å²) in [5.41, 5.74) is 4.14. The van der Waals surface area contributed by atoms with Gasteiger partial charge >= 0.3 is 0 Å². The molecule has 0 radical (unpaired) electrons. The van der Waals surface area contributed by atoms with Gasteiger partial charge in [-0.3, -0.25) is 4.79 Å². The van der Waals surface area contributed by atoms with Gasteiger partial charge in [-0.25, -0.2) is 13.9 Å². The first kappa shape index (κ1) is 22.6. The highest BCUT2D eigenvalue weighted by Crippen LogP contribution is 2.30. The molecule has 3 aromatic heterocycles. The van der Waals surface area contributed by atoms with Gasteiger partial charge in [-0.05, 0) is 49.6 Å². The number of aromatic nitrogens is 7. The van der Waals surface area contributed by atoms with Gasteiger partial charge in [-0.15, -0.1) is 15.3 Å². The number of halogens is 1. The summed E-state index contributed by atoms with van der Waals surface area (Å²) in [6.07, 6.45) is 3.76. The summed E-state index contributed by atoms with van der Waals surface area (Å²) in [6.45, 7) is 2.18. The van der Waals surface area contributed by atoms with Crippen LogP contribution in [0.25, 0.3) is 16.9 Å². The molecule has 0 spiro atoms. The number of hydrogen-bond acceptors (Lipinski definition) is 8. The van der Waals surface area contributed by atoms with E-state index in [-0.39, 0.29) is 24.4 Å². The van der Waals surface area contributed by atoms with Gasteiger partial charge in [-0.2, -0.15) is 5.21 Å². The number of ether oxygens (including phenoxy) is 1. The Balaban J connectivity index is 1.38. The van der Waals surface area contributed by atoms with E-state index >= 15 is 0 Å². The smallest absolute Gasteiger partial charge is 0.251 e. The van der Waals surface area contributed by atoms with Crippen LogP contribution < -0.4 is 15.4 Å². The maximum atomic E-state index is 13.7. The maximum Gasteiger partial charge on any atom is 0.251 e. The predicted octanol–water partition coefficient (Wildman–Crippen LogP) is 3.65. The standard InChI is InChI=1S/C25H22FN9O2/c1-14-9-15(5-8-19(14)25(36)29-17-6-7-17)21-12-28-24-20(27-13-22-30-33-34-31-22)11-23(32-35(21)24)37-18-4-2-3-16(26)10-18/h2-5,8-12,17,27H,6-7,13H2,1H3,(H,29,36)(H,30,31,33,34). The number of tetrazole rings is 1. The SMILES string of the molecule is Cc1cc(-c2cnc3c(NCc4nn[nH]n4)cc(Oc4cccc(F)c4)nn23)ccc1C(=O)NC1CC1. The Morgan fingerprint density at radius 3 is 2.86 bits per heavy atom. The summed E-state index contributed by atoms with van der Waals surface area (Å²) in [5.74, 6) is 0.509. The topological polar surface area (TPSA) is 135 Å². The molecule has 11 nitrogen and oxygen atoms in total. The summed E-state index contributed by atoms with van der Waals surface area (Å²) >= 11 is 0. The first-order valence-corrected chi connectivity index (χ1v) is 11.7. The van der Waals surface area contributed by atoms with Gasteiger partial charge in [0.25, 0.3) is 5.91 Å². The molecule has 3 N–H and O–H groups in total. The van der Waals surface area contributed by atoms with Crippen LogP contribution in [0.4, 0.5) is 10.1 Å². The molecule has 186 valence electrons. The number of rotatable bonds is 8. The molecule has 2 aromatic carbocycles. The van der Waals surface area contributed by atoms with Crippen LogP contribution in [0.5, 0.6) is 11.6 Å². The Hall–Kier alpha value is -4.87. The number of benzene rings is 2. The minimum Gasteiger partial charge on any atom is -0.437 e. The number of fused-ring (bicyclic) bond motifs is 1. The number of aromatic amines is 1. The molecule has 1 saturated carbocycles. The van der Waals surface area contributed by atoms with Gasteiger partial charge in [-0.1, -0.05) is 17.3 Å². The fraction of sp³-hybridized carbons (Fsp3) is 0.200. The molecule has 0 atom stereocenters. The number of nitrogens with one attached hydrogen (secondary N) is 3. The second kappa shape index (κ2) is 9.30. The van der Waals surface area contributed by atoms with Crippen LogP contribution >= 0.6 is 0 Å². The van der Waals surface area contributed by atoms with Crippen LogP contribution in [0.1, 0.15) is 34.6 Å². The molecule has 6 rings (SSSR count). The second-order valence-corrected chi connectivity index (χ2v) is 8.79. The maximum absolute atomic E-state index is 13.7. The molecule has 0 saturated heterocycles. The molecular formula is C25H22FN9O2. The van der Waals surface area contributed by atoms with Crippen molar-refractivity contribution in [2.45, 2.75) is 32.4 Å². The van der Waals surface area contributed by atoms with Gasteiger partial charge in [0.15, 0.2) is 11.5 Å². The summed E-state index contributed by atoms with van der Waals surface area (Å²) in [6, 6.07) is 13.4. The Labute approximate surface area is 210 Å². The zero-order valence-corrected chi connectivity index (χ0v) is 19.8. The predicted molar refractivity (Wildman–Crippen MR) is 132 cm³/mol. The van der Waals surface area contributed by atoms with Crippen molar-refractivity contribution in [3.05, 3.63) is 77.5 Å². The van der Waals surface area contributed by atoms with Gasteiger partial charge < -0.3 is 15.4 Å². The number of nitrogens with zero attached hydrogens (tertiary/aromatic N) is 6. The third-order valence-corrected chi connectivity index (χ3v) is 5.97. The molecule has 0 unspecified atom stereocenters. The highest BCUT2D eigenvalue weighted by molar-refractivity contribution is 5.96. The van der Waals surface area contributed by atoms with Crippen molar-refractivity contribution < 1.29 is 13.9 Å². The normalized spacial score (nSPS) is 13.0. The third kappa shape index (κ3) is 4.81. The van der Waals surface area contributed by atoms with Crippen molar-refractivity contribution in [3.63, 3.8) is 0 Å². The average Bonchev–Trinajstić information content (AvgIpc) is 3.35. The number of amides is 1. The van der Waals surface area contributed by atoms with E-state index in [1.54, 1.807) is 28.9 Å². The van der Waals surface area contributed by atoms with E-state index < -0.39 is 5.82 Å². The summed E-state index contributed by atoms with van der Waals surface area (Å²) in [4.78, 5) is 17.1. The second-order valence-electron chi connectivity index (χ2n) is 8.79. The van der Waals surface area contributed by atoms with Gasteiger partial charge in [0.1, 0.15) is 11.6 Å². The van der Waals surface area contributed by atoms with E-state index in [0.717, 1.165) is 24.0 Å². The Bertz CT molecular complexity index is 1600. The molecule has 1 fully saturated rings. The Morgan fingerprint density at radius 2 is 2.11 bits per heavy atom. The number of aryl methyl sites for hydroxylation is 1. The number of hydrogen-bond donors (Lipinski definition) is 3. The van der Waals surface area contributed by atoms with Crippen LogP contribution in [-0.4, -0.2) is 47.2 Å². The van der Waals surface area contributed by atoms with Crippen molar-refractivity contribution >= 4 is 17.2 Å². The van der Waals surface area contributed by atoms with E-state index in [2.05, 4.69) is 41.3 Å². The Kier molecular flexibility index (Phi) is 5.68. The molecule has 0 bridgehead atoms. The van der Waals surface area contributed by atoms with E-state index in [1.165, 1.54) is 12.1 Å².